The van der Waals surface area contributed by atoms with Crippen molar-refractivity contribution < 1.29 is 14.3 Å². The van der Waals surface area contributed by atoms with Gasteiger partial charge >= 0.3 is 0 Å². The molecule has 0 aromatic heterocycles. The van der Waals surface area contributed by atoms with Gasteiger partial charge in [0.15, 0.2) is 0 Å². The van der Waals surface area contributed by atoms with Gasteiger partial charge in [-0.3, -0.25) is 9.59 Å². The molecule has 1 saturated heterocycles. The number of ether oxygens (including phenoxy) is 1. The van der Waals surface area contributed by atoms with Gasteiger partial charge in [0, 0.05) is 28.7 Å². The maximum absolute atomic E-state index is 12.4. The molecule has 0 radical (unpaired) electrons. The van der Waals surface area contributed by atoms with Crippen LogP contribution in [0.1, 0.15) is 34.6 Å². The SMILES string of the molecule is C[C@@H]1CN(C(=O)c2cc(Br)cc(C=O)c2)C[C@H](C)O1. The van der Waals surface area contributed by atoms with Crippen LogP contribution < -0.4 is 0 Å². The zero-order valence-corrected chi connectivity index (χ0v) is 12.5. The fourth-order valence-corrected chi connectivity index (χ4v) is 2.84. The highest BCUT2D eigenvalue weighted by molar-refractivity contribution is 9.10. The molecule has 0 saturated carbocycles. The molecule has 4 nitrogen and oxygen atoms in total. The molecular weight excluding hydrogens is 310 g/mol. The first kappa shape index (κ1) is 14.2. The Bertz CT molecular complexity index is 493. The van der Waals surface area contributed by atoms with Gasteiger partial charge in [-0.05, 0) is 32.0 Å². The molecule has 2 rings (SSSR count). The van der Waals surface area contributed by atoms with Gasteiger partial charge in [0.1, 0.15) is 6.29 Å². The quantitative estimate of drug-likeness (QED) is 0.785. The van der Waals surface area contributed by atoms with Crippen LogP contribution >= 0.6 is 15.9 Å². The molecule has 0 N–H and O–H groups in total. The molecule has 0 aliphatic carbocycles. The van der Waals surface area contributed by atoms with Crippen LogP contribution in [0.2, 0.25) is 0 Å². The largest absolute Gasteiger partial charge is 0.372 e. The minimum Gasteiger partial charge on any atom is -0.372 e. The smallest absolute Gasteiger partial charge is 0.254 e. The first-order valence-corrected chi connectivity index (χ1v) is 6.99. The van der Waals surface area contributed by atoms with Crippen LogP contribution in [-0.4, -0.2) is 42.4 Å². The van der Waals surface area contributed by atoms with Crippen molar-refractivity contribution >= 4 is 28.1 Å². The van der Waals surface area contributed by atoms with Crippen molar-refractivity contribution in [2.24, 2.45) is 0 Å². The Kier molecular flexibility index (Phi) is 4.37. The number of halogens is 1. The third-order valence-corrected chi connectivity index (χ3v) is 3.47. The highest BCUT2D eigenvalue weighted by Gasteiger charge is 2.26. The summed E-state index contributed by atoms with van der Waals surface area (Å²) < 4.78 is 6.34. The fraction of sp³-hybridized carbons (Fsp3) is 0.429. The molecule has 1 aromatic rings. The average molecular weight is 326 g/mol. The number of aldehydes is 1. The number of amides is 1. The Morgan fingerprint density at radius 3 is 2.53 bits per heavy atom. The standard InChI is InChI=1S/C14H16BrNO3/c1-9-6-16(7-10(2)19-9)14(18)12-3-11(8-17)4-13(15)5-12/h3-5,8-10H,6-7H2,1-2H3/t9-,10+. The molecule has 0 spiro atoms. The first-order chi connectivity index (χ1) is 8.99. The molecule has 5 heteroatoms. The highest BCUT2D eigenvalue weighted by atomic mass is 79.9. The molecule has 0 unspecified atom stereocenters. The van der Waals surface area contributed by atoms with E-state index in [0.29, 0.717) is 24.2 Å². The van der Waals surface area contributed by atoms with Crippen molar-refractivity contribution in [2.75, 3.05) is 13.1 Å². The van der Waals surface area contributed by atoms with Gasteiger partial charge in [-0.15, -0.1) is 0 Å². The second kappa shape index (κ2) is 5.84. The van der Waals surface area contributed by atoms with Gasteiger partial charge in [0.2, 0.25) is 0 Å². The van der Waals surface area contributed by atoms with Crippen LogP contribution in [0.25, 0.3) is 0 Å². The van der Waals surface area contributed by atoms with Crippen molar-refractivity contribution in [1.82, 2.24) is 4.90 Å². The number of hydrogen-bond acceptors (Lipinski definition) is 3. The maximum atomic E-state index is 12.4. The number of carbonyl (C=O) groups is 2. The molecule has 1 heterocycles. The van der Waals surface area contributed by atoms with Crippen LogP contribution in [0.4, 0.5) is 0 Å². The van der Waals surface area contributed by atoms with Gasteiger partial charge in [0.05, 0.1) is 12.2 Å². The van der Waals surface area contributed by atoms with Gasteiger partial charge in [0.25, 0.3) is 5.91 Å². The Balaban J connectivity index is 2.23. The summed E-state index contributed by atoms with van der Waals surface area (Å²) >= 11 is 3.32. The zero-order chi connectivity index (χ0) is 14.0. The van der Waals surface area contributed by atoms with Crippen LogP contribution in [0.5, 0.6) is 0 Å². The van der Waals surface area contributed by atoms with Crippen molar-refractivity contribution in [2.45, 2.75) is 26.1 Å². The normalized spacial score (nSPS) is 23.2. The van der Waals surface area contributed by atoms with Crippen LogP contribution in [0, 0.1) is 0 Å². The van der Waals surface area contributed by atoms with E-state index in [2.05, 4.69) is 15.9 Å². The lowest BCUT2D eigenvalue weighted by molar-refractivity contribution is -0.0586. The number of hydrogen-bond donors (Lipinski definition) is 0. The predicted octanol–water partition coefficient (Wildman–Crippen LogP) is 2.51. The summed E-state index contributed by atoms with van der Waals surface area (Å²) in [6.07, 6.45) is 0.808. The van der Waals surface area contributed by atoms with Gasteiger partial charge in [-0.2, -0.15) is 0 Å². The maximum Gasteiger partial charge on any atom is 0.254 e. The molecule has 2 atom stereocenters. The number of morpholine rings is 1. The van der Waals surface area contributed by atoms with Crippen LogP contribution in [0.15, 0.2) is 22.7 Å². The third-order valence-electron chi connectivity index (χ3n) is 3.01. The summed E-state index contributed by atoms with van der Waals surface area (Å²) in [6.45, 7) is 5.06. The molecule has 0 bridgehead atoms. The van der Waals surface area contributed by atoms with E-state index in [1.54, 1.807) is 23.1 Å². The van der Waals surface area contributed by atoms with Crippen molar-refractivity contribution in [1.29, 1.82) is 0 Å². The van der Waals surface area contributed by atoms with Crippen molar-refractivity contribution in [3.63, 3.8) is 0 Å². The Labute approximate surface area is 120 Å². The Morgan fingerprint density at radius 2 is 1.95 bits per heavy atom. The molecule has 1 aromatic carbocycles. The van der Waals surface area contributed by atoms with E-state index in [0.717, 1.165) is 10.8 Å². The minimum absolute atomic E-state index is 0.0328. The van der Waals surface area contributed by atoms with Gasteiger partial charge < -0.3 is 9.64 Å². The highest BCUT2D eigenvalue weighted by Crippen LogP contribution is 2.19. The second-order valence-corrected chi connectivity index (χ2v) is 5.77. The molecule has 102 valence electrons. The topological polar surface area (TPSA) is 46.6 Å². The molecule has 19 heavy (non-hydrogen) atoms. The summed E-state index contributed by atoms with van der Waals surface area (Å²) in [5.41, 5.74) is 1.02. The summed E-state index contributed by atoms with van der Waals surface area (Å²) in [7, 11) is 0. The summed E-state index contributed by atoms with van der Waals surface area (Å²) in [5.74, 6) is -0.0635. The van der Waals surface area contributed by atoms with Crippen LogP contribution in [0.3, 0.4) is 0 Å². The van der Waals surface area contributed by atoms with Crippen molar-refractivity contribution in [3.05, 3.63) is 33.8 Å². The molecule has 1 amide bonds. The summed E-state index contributed by atoms with van der Waals surface area (Å²) in [6, 6.07) is 5.04. The Morgan fingerprint density at radius 1 is 1.32 bits per heavy atom. The predicted molar refractivity (Wildman–Crippen MR) is 75.4 cm³/mol. The minimum atomic E-state index is -0.0635. The van der Waals surface area contributed by atoms with E-state index < -0.39 is 0 Å². The third kappa shape index (κ3) is 3.42. The number of nitrogens with zero attached hydrogens (tertiary/aromatic N) is 1. The monoisotopic (exact) mass is 325 g/mol. The molecule has 1 fully saturated rings. The average Bonchev–Trinajstić information content (AvgIpc) is 2.35. The summed E-state index contributed by atoms with van der Waals surface area (Å²) in [4.78, 5) is 25.1. The first-order valence-electron chi connectivity index (χ1n) is 6.20. The molecule has 1 aliphatic rings. The lowest BCUT2D eigenvalue weighted by Crippen LogP contribution is -2.48. The lowest BCUT2D eigenvalue weighted by atomic mass is 10.1. The van der Waals surface area contributed by atoms with E-state index in [9.17, 15) is 9.59 Å². The van der Waals surface area contributed by atoms with E-state index in [1.807, 2.05) is 13.8 Å². The molecular formula is C14H16BrNO3. The van der Waals surface area contributed by atoms with E-state index in [-0.39, 0.29) is 18.1 Å². The van der Waals surface area contributed by atoms with E-state index >= 15 is 0 Å². The summed E-state index contributed by atoms with van der Waals surface area (Å²) in [5, 5.41) is 0. The van der Waals surface area contributed by atoms with E-state index in [1.165, 1.54) is 0 Å². The van der Waals surface area contributed by atoms with E-state index in [4.69, 9.17) is 4.74 Å². The van der Waals surface area contributed by atoms with Gasteiger partial charge in [-0.25, -0.2) is 0 Å². The van der Waals surface area contributed by atoms with Gasteiger partial charge in [-0.1, -0.05) is 15.9 Å². The lowest BCUT2D eigenvalue weighted by Gasteiger charge is -2.35. The zero-order valence-electron chi connectivity index (χ0n) is 10.9. The number of carbonyl (C=O) groups excluding carboxylic acids is 2. The second-order valence-electron chi connectivity index (χ2n) is 4.86. The van der Waals surface area contributed by atoms with Crippen LogP contribution in [-0.2, 0) is 4.74 Å². The molecule has 1 aliphatic heterocycles. The fourth-order valence-electron chi connectivity index (χ4n) is 2.33. The Hall–Kier alpha value is -1.20. The number of rotatable bonds is 2. The number of benzene rings is 1. The van der Waals surface area contributed by atoms with Crippen molar-refractivity contribution in [3.8, 4) is 0 Å².